The van der Waals surface area contributed by atoms with Crippen LogP contribution in [0.1, 0.15) is 48.7 Å². The van der Waals surface area contributed by atoms with Crippen LogP contribution in [0, 0.1) is 5.41 Å². The molecule has 126 valence electrons. The van der Waals surface area contributed by atoms with Crippen molar-refractivity contribution in [2.24, 2.45) is 5.41 Å². The molecule has 6 heteroatoms. The van der Waals surface area contributed by atoms with Gasteiger partial charge in [0.15, 0.2) is 0 Å². The molecule has 3 rings (SSSR count). The number of carbonyl (C=O) groups excluding carboxylic acids is 2. The van der Waals surface area contributed by atoms with E-state index in [2.05, 4.69) is 6.92 Å². The van der Waals surface area contributed by atoms with E-state index in [-0.39, 0.29) is 23.3 Å². The van der Waals surface area contributed by atoms with Crippen LogP contribution in [0.4, 0.5) is 0 Å². The second kappa shape index (κ2) is 6.44. The van der Waals surface area contributed by atoms with Crippen LogP contribution in [0.2, 0.25) is 4.34 Å². The van der Waals surface area contributed by atoms with Crippen molar-refractivity contribution in [3.8, 4) is 0 Å². The average molecular weight is 355 g/mol. The number of halogens is 1. The summed E-state index contributed by atoms with van der Waals surface area (Å²) < 4.78 is 0.638. The Morgan fingerprint density at radius 3 is 2.91 bits per heavy atom. The van der Waals surface area contributed by atoms with Crippen LogP contribution in [-0.4, -0.2) is 47.8 Å². The van der Waals surface area contributed by atoms with Gasteiger partial charge >= 0.3 is 0 Å². The minimum atomic E-state index is 0.0295. The summed E-state index contributed by atoms with van der Waals surface area (Å²) in [6.45, 7) is 3.54. The summed E-state index contributed by atoms with van der Waals surface area (Å²) in [5.74, 6) is 0.302. The number of piperidine rings is 1. The van der Waals surface area contributed by atoms with Gasteiger partial charge in [-0.1, -0.05) is 18.0 Å². The number of nitrogens with zero attached hydrogens (tertiary/aromatic N) is 2. The van der Waals surface area contributed by atoms with Gasteiger partial charge in [-0.25, -0.2) is 0 Å². The van der Waals surface area contributed by atoms with Crippen molar-refractivity contribution in [2.45, 2.75) is 45.1 Å². The van der Waals surface area contributed by atoms with Crippen LogP contribution in [0.15, 0.2) is 12.1 Å². The topological polar surface area (TPSA) is 40.6 Å². The average Bonchev–Trinajstić information content (AvgIpc) is 3.13. The van der Waals surface area contributed by atoms with Gasteiger partial charge in [0, 0.05) is 38.0 Å². The molecular formula is C17H23ClN2O2S. The number of likely N-dealkylation sites (tertiary alicyclic amines) is 1. The number of thiophene rings is 1. The predicted octanol–water partition coefficient (Wildman–Crippen LogP) is 3.65. The molecule has 1 aliphatic carbocycles. The summed E-state index contributed by atoms with van der Waals surface area (Å²) in [4.78, 5) is 29.4. The quantitative estimate of drug-likeness (QED) is 0.828. The molecule has 0 N–H and O–H groups in total. The Balaban J connectivity index is 1.77. The Kier molecular flexibility index (Phi) is 4.70. The lowest BCUT2D eigenvalue weighted by molar-refractivity contribution is -0.141. The van der Waals surface area contributed by atoms with E-state index in [4.69, 9.17) is 11.6 Å². The molecule has 0 unspecified atom stereocenters. The SMILES string of the molecule is CCN1C(=O)CC[C@]2(CN(C)C(=O)c3ccc(Cl)s3)CCC[C@@H]12. The monoisotopic (exact) mass is 354 g/mol. The van der Waals surface area contributed by atoms with Crippen molar-refractivity contribution in [1.82, 2.24) is 9.80 Å². The Morgan fingerprint density at radius 2 is 2.26 bits per heavy atom. The van der Waals surface area contributed by atoms with Crippen LogP contribution < -0.4 is 0 Å². The van der Waals surface area contributed by atoms with Crippen molar-refractivity contribution < 1.29 is 9.59 Å². The molecule has 0 spiro atoms. The Hall–Kier alpha value is -1.07. The minimum absolute atomic E-state index is 0.0295. The van der Waals surface area contributed by atoms with Crippen LogP contribution in [0.5, 0.6) is 0 Å². The van der Waals surface area contributed by atoms with E-state index >= 15 is 0 Å². The number of hydrogen-bond donors (Lipinski definition) is 0. The molecule has 4 nitrogen and oxygen atoms in total. The van der Waals surface area contributed by atoms with Gasteiger partial charge in [-0.2, -0.15) is 0 Å². The number of fused-ring (bicyclic) bond motifs is 1. The fraction of sp³-hybridized carbons (Fsp3) is 0.647. The van der Waals surface area contributed by atoms with Crippen LogP contribution >= 0.6 is 22.9 Å². The lowest BCUT2D eigenvalue weighted by atomic mass is 9.74. The fourth-order valence-corrected chi connectivity index (χ4v) is 5.43. The molecule has 1 aliphatic heterocycles. The smallest absolute Gasteiger partial charge is 0.263 e. The normalized spacial score (nSPS) is 27.2. The van der Waals surface area contributed by atoms with E-state index in [1.165, 1.54) is 11.3 Å². The molecule has 1 aromatic heterocycles. The first kappa shape index (κ1) is 16.8. The first-order valence-corrected chi connectivity index (χ1v) is 9.46. The number of hydrogen-bond acceptors (Lipinski definition) is 3. The number of amides is 2. The van der Waals surface area contributed by atoms with E-state index in [0.717, 1.165) is 38.8 Å². The minimum Gasteiger partial charge on any atom is -0.340 e. The van der Waals surface area contributed by atoms with Gasteiger partial charge in [-0.05, 0) is 38.3 Å². The first-order chi connectivity index (χ1) is 11.0. The van der Waals surface area contributed by atoms with Crippen LogP contribution in [0.3, 0.4) is 0 Å². The maximum absolute atomic E-state index is 12.6. The maximum Gasteiger partial charge on any atom is 0.263 e. The largest absolute Gasteiger partial charge is 0.340 e. The zero-order valence-electron chi connectivity index (χ0n) is 13.7. The third-order valence-corrected chi connectivity index (χ3v) is 6.64. The van der Waals surface area contributed by atoms with Gasteiger partial charge in [-0.15, -0.1) is 11.3 Å². The molecule has 2 atom stereocenters. The highest BCUT2D eigenvalue weighted by molar-refractivity contribution is 7.17. The van der Waals surface area contributed by atoms with Gasteiger partial charge in [0.2, 0.25) is 5.91 Å². The lowest BCUT2D eigenvalue weighted by Crippen LogP contribution is -2.56. The van der Waals surface area contributed by atoms with E-state index in [0.29, 0.717) is 15.6 Å². The zero-order valence-corrected chi connectivity index (χ0v) is 15.3. The fourth-order valence-electron chi connectivity index (χ4n) is 4.39. The van der Waals surface area contributed by atoms with Crippen molar-refractivity contribution >= 4 is 34.8 Å². The van der Waals surface area contributed by atoms with Gasteiger partial charge in [0.1, 0.15) is 0 Å². The molecule has 0 bridgehead atoms. The zero-order chi connectivity index (χ0) is 16.6. The third-order valence-electron chi connectivity index (χ3n) is 5.42. The standard InChI is InChI=1S/C17H23ClN2O2S/c1-3-20-13-5-4-9-17(13,10-8-15(20)21)11-19(2)16(22)12-6-7-14(18)23-12/h6-7,13H,3-5,8-11H2,1-2H3/t13-,17+/m1/s1. The lowest BCUT2D eigenvalue weighted by Gasteiger charge is -2.47. The van der Waals surface area contributed by atoms with Crippen molar-refractivity contribution in [3.63, 3.8) is 0 Å². The molecule has 0 aromatic carbocycles. The molecule has 1 saturated heterocycles. The summed E-state index contributed by atoms with van der Waals surface area (Å²) in [7, 11) is 1.87. The van der Waals surface area contributed by atoms with Crippen LogP contribution in [-0.2, 0) is 4.79 Å². The summed E-state index contributed by atoms with van der Waals surface area (Å²) in [6, 6.07) is 3.84. The van der Waals surface area contributed by atoms with E-state index < -0.39 is 0 Å². The van der Waals surface area contributed by atoms with E-state index in [9.17, 15) is 9.59 Å². The number of carbonyl (C=O) groups is 2. The number of rotatable bonds is 4. The maximum atomic E-state index is 12.6. The molecule has 2 amide bonds. The summed E-state index contributed by atoms with van der Waals surface area (Å²) in [6.07, 6.45) is 4.81. The molecule has 2 aliphatic rings. The Bertz CT molecular complexity index is 617. The Morgan fingerprint density at radius 1 is 1.48 bits per heavy atom. The second-order valence-electron chi connectivity index (χ2n) is 6.72. The predicted molar refractivity (Wildman–Crippen MR) is 93.0 cm³/mol. The molecular weight excluding hydrogens is 332 g/mol. The van der Waals surface area contributed by atoms with Crippen molar-refractivity contribution in [2.75, 3.05) is 20.1 Å². The highest BCUT2D eigenvalue weighted by Crippen LogP contribution is 2.48. The van der Waals surface area contributed by atoms with Gasteiger partial charge < -0.3 is 9.80 Å². The Labute approximate surface area is 146 Å². The molecule has 2 fully saturated rings. The highest BCUT2D eigenvalue weighted by atomic mass is 35.5. The molecule has 1 aromatic rings. The summed E-state index contributed by atoms with van der Waals surface area (Å²) >= 11 is 7.27. The van der Waals surface area contributed by atoms with Gasteiger partial charge in [0.25, 0.3) is 5.91 Å². The van der Waals surface area contributed by atoms with Gasteiger partial charge in [-0.3, -0.25) is 9.59 Å². The molecule has 1 saturated carbocycles. The van der Waals surface area contributed by atoms with Crippen molar-refractivity contribution in [3.05, 3.63) is 21.3 Å². The molecule has 2 heterocycles. The van der Waals surface area contributed by atoms with Gasteiger partial charge in [0.05, 0.1) is 9.21 Å². The first-order valence-electron chi connectivity index (χ1n) is 8.27. The molecule has 23 heavy (non-hydrogen) atoms. The van der Waals surface area contributed by atoms with E-state index in [1.54, 1.807) is 12.1 Å². The molecule has 0 radical (unpaired) electrons. The third kappa shape index (κ3) is 3.01. The highest BCUT2D eigenvalue weighted by Gasteiger charge is 2.50. The summed E-state index contributed by atoms with van der Waals surface area (Å²) in [5.41, 5.74) is 0.0649. The van der Waals surface area contributed by atoms with Crippen molar-refractivity contribution in [1.29, 1.82) is 0 Å². The summed E-state index contributed by atoms with van der Waals surface area (Å²) in [5, 5.41) is 0. The van der Waals surface area contributed by atoms with Crippen LogP contribution in [0.25, 0.3) is 0 Å². The van der Waals surface area contributed by atoms with E-state index in [1.807, 2.05) is 16.8 Å². The second-order valence-corrected chi connectivity index (χ2v) is 8.43.